The van der Waals surface area contributed by atoms with E-state index in [-0.39, 0.29) is 37.1 Å². The number of nitrogens with two attached hydrogens (primary N) is 1. The van der Waals surface area contributed by atoms with E-state index in [2.05, 4.69) is 4.74 Å². The molecule has 0 aliphatic carbocycles. The van der Waals surface area contributed by atoms with Crippen molar-refractivity contribution in [2.75, 3.05) is 20.2 Å². The van der Waals surface area contributed by atoms with E-state index in [4.69, 9.17) is 5.73 Å². The van der Waals surface area contributed by atoms with Crippen LogP contribution in [0.2, 0.25) is 0 Å². The van der Waals surface area contributed by atoms with Gasteiger partial charge in [0.1, 0.15) is 5.82 Å². The van der Waals surface area contributed by atoms with E-state index in [9.17, 15) is 17.6 Å². The van der Waals surface area contributed by atoms with E-state index in [1.165, 1.54) is 0 Å². The average molecular weight is 339 g/mol. The molecule has 2 rings (SSSR count). The minimum atomic E-state index is -3.97. The normalized spacial score (nSPS) is 19.1. The fourth-order valence-electron chi connectivity index (χ4n) is 2.10. The Bertz CT molecular complexity index is 638. The first-order valence-corrected chi connectivity index (χ1v) is 7.44. The van der Waals surface area contributed by atoms with Crippen LogP contribution < -0.4 is 5.73 Å². The molecule has 1 aromatic carbocycles. The Balaban J connectivity index is 0.00000220. The van der Waals surface area contributed by atoms with Gasteiger partial charge in [0.05, 0.1) is 17.6 Å². The van der Waals surface area contributed by atoms with Crippen molar-refractivity contribution >= 4 is 28.4 Å². The summed E-state index contributed by atoms with van der Waals surface area (Å²) in [6, 6.07) is 2.69. The van der Waals surface area contributed by atoms with Crippen molar-refractivity contribution < 1.29 is 22.3 Å². The molecule has 1 atom stereocenters. The smallest absolute Gasteiger partial charge is 0.339 e. The third kappa shape index (κ3) is 3.52. The zero-order chi connectivity index (χ0) is 14.9. The summed E-state index contributed by atoms with van der Waals surface area (Å²) < 4.78 is 44.0. The standard InChI is InChI=1S/C12H15FN2O4S.ClH/c1-19-12(16)10-3-2-8(13)6-11(10)20(17,18)15-5-4-9(14)7-15;/h2-3,6,9H,4-5,7,14H2,1H3;1H. The average Bonchev–Trinajstić information content (AvgIpc) is 2.85. The summed E-state index contributed by atoms with van der Waals surface area (Å²) in [5, 5.41) is 0. The minimum absolute atomic E-state index is 0. The number of rotatable bonds is 3. The van der Waals surface area contributed by atoms with Gasteiger partial charge < -0.3 is 10.5 Å². The number of carbonyl (C=O) groups excluding carboxylic acids is 1. The number of esters is 1. The lowest BCUT2D eigenvalue weighted by atomic mass is 10.2. The SMILES string of the molecule is COC(=O)c1ccc(F)cc1S(=O)(=O)N1CCC(N)C1.Cl. The fourth-order valence-corrected chi connectivity index (χ4v) is 3.80. The number of carbonyl (C=O) groups is 1. The van der Waals surface area contributed by atoms with E-state index >= 15 is 0 Å². The Kier molecular flexibility index (Phi) is 5.68. The molecule has 118 valence electrons. The van der Waals surface area contributed by atoms with Gasteiger partial charge in [0.15, 0.2) is 0 Å². The van der Waals surface area contributed by atoms with Crippen molar-refractivity contribution in [1.82, 2.24) is 4.31 Å². The van der Waals surface area contributed by atoms with Gasteiger partial charge in [0, 0.05) is 19.1 Å². The van der Waals surface area contributed by atoms with Gasteiger partial charge in [0.25, 0.3) is 0 Å². The number of hydrogen-bond donors (Lipinski definition) is 1. The second kappa shape index (κ2) is 6.69. The molecule has 9 heteroatoms. The van der Waals surface area contributed by atoms with Gasteiger partial charge in [-0.25, -0.2) is 17.6 Å². The van der Waals surface area contributed by atoms with Crippen LogP contribution in [0, 0.1) is 5.82 Å². The number of sulfonamides is 1. The number of methoxy groups -OCH3 is 1. The molecule has 1 aliphatic heterocycles. The van der Waals surface area contributed by atoms with E-state index in [0.717, 1.165) is 29.6 Å². The summed E-state index contributed by atoms with van der Waals surface area (Å²) in [6.07, 6.45) is 0.530. The van der Waals surface area contributed by atoms with Gasteiger partial charge in [-0.05, 0) is 24.6 Å². The molecule has 1 fully saturated rings. The van der Waals surface area contributed by atoms with Crippen LogP contribution >= 0.6 is 12.4 Å². The van der Waals surface area contributed by atoms with E-state index in [1.54, 1.807) is 0 Å². The van der Waals surface area contributed by atoms with Gasteiger partial charge in [-0.1, -0.05) is 0 Å². The third-order valence-electron chi connectivity index (χ3n) is 3.15. The largest absolute Gasteiger partial charge is 0.465 e. The summed E-state index contributed by atoms with van der Waals surface area (Å²) >= 11 is 0. The number of nitrogens with zero attached hydrogens (tertiary/aromatic N) is 1. The molecule has 0 radical (unpaired) electrons. The van der Waals surface area contributed by atoms with Crippen molar-refractivity contribution in [3.05, 3.63) is 29.6 Å². The highest BCUT2D eigenvalue weighted by Crippen LogP contribution is 2.25. The monoisotopic (exact) mass is 338 g/mol. The summed E-state index contributed by atoms with van der Waals surface area (Å²) in [4.78, 5) is 11.2. The van der Waals surface area contributed by atoms with Crippen LogP contribution in [0.1, 0.15) is 16.8 Å². The number of halogens is 2. The Morgan fingerprint density at radius 3 is 2.67 bits per heavy atom. The zero-order valence-corrected chi connectivity index (χ0v) is 12.9. The Labute approximate surface area is 128 Å². The summed E-state index contributed by atoms with van der Waals surface area (Å²) in [5.74, 6) is -1.56. The molecule has 6 nitrogen and oxygen atoms in total. The molecule has 0 aromatic heterocycles. The first-order chi connectivity index (χ1) is 9.36. The molecule has 1 unspecified atom stereocenters. The lowest BCUT2D eigenvalue weighted by Gasteiger charge is -2.17. The predicted octanol–water partition coefficient (Wildman–Crippen LogP) is 0.756. The highest BCUT2D eigenvalue weighted by Gasteiger charge is 2.34. The Hall–Kier alpha value is -1.22. The Morgan fingerprint density at radius 1 is 1.48 bits per heavy atom. The van der Waals surface area contributed by atoms with Crippen molar-refractivity contribution in [3.63, 3.8) is 0 Å². The lowest BCUT2D eigenvalue weighted by molar-refractivity contribution is 0.0596. The maximum absolute atomic E-state index is 13.3. The summed E-state index contributed by atoms with van der Waals surface area (Å²) in [5.41, 5.74) is 5.50. The van der Waals surface area contributed by atoms with Crippen molar-refractivity contribution in [2.24, 2.45) is 5.73 Å². The number of hydrogen-bond acceptors (Lipinski definition) is 5. The second-order valence-electron chi connectivity index (χ2n) is 4.54. The van der Waals surface area contributed by atoms with Crippen LogP contribution in [-0.2, 0) is 14.8 Å². The molecule has 0 saturated carbocycles. The molecule has 1 aromatic rings. The molecule has 2 N–H and O–H groups in total. The number of ether oxygens (including phenoxy) is 1. The van der Waals surface area contributed by atoms with Gasteiger partial charge in [-0.15, -0.1) is 12.4 Å². The topological polar surface area (TPSA) is 89.7 Å². The molecule has 21 heavy (non-hydrogen) atoms. The van der Waals surface area contributed by atoms with Crippen LogP contribution in [0.15, 0.2) is 23.1 Å². The van der Waals surface area contributed by atoms with Crippen molar-refractivity contribution in [2.45, 2.75) is 17.4 Å². The quantitative estimate of drug-likeness (QED) is 0.822. The van der Waals surface area contributed by atoms with E-state index in [1.807, 2.05) is 0 Å². The lowest BCUT2D eigenvalue weighted by Crippen LogP contribution is -2.33. The van der Waals surface area contributed by atoms with Gasteiger partial charge in [-0.3, -0.25) is 0 Å². The van der Waals surface area contributed by atoms with Gasteiger partial charge >= 0.3 is 5.97 Å². The highest BCUT2D eigenvalue weighted by molar-refractivity contribution is 7.89. The fraction of sp³-hybridized carbons (Fsp3) is 0.417. The van der Waals surface area contributed by atoms with Crippen molar-refractivity contribution in [1.29, 1.82) is 0 Å². The molecule has 0 spiro atoms. The van der Waals surface area contributed by atoms with Crippen LogP contribution in [0.5, 0.6) is 0 Å². The van der Waals surface area contributed by atoms with Crippen LogP contribution in [0.25, 0.3) is 0 Å². The van der Waals surface area contributed by atoms with E-state index < -0.39 is 26.7 Å². The molecule has 0 bridgehead atoms. The molecule has 0 amide bonds. The molecule has 1 saturated heterocycles. The maximum Gasteiger partial charge on any atom is 0.339 e. The maximum atomic E-state index is 13.3. The number of benzene rings is 1. The zero-order valence-electron chi connectivity index (χ0n) is 11.3. The Morgan fingerprint density at radius 2 is 2.14 bits per heavy atom. The second-order valence-corrected chi connectivity index (χ2v) is 6.45. The van der Waals surface area contributed by atoms with Crippen LogP contribution in [0.3, 0.4) is 0 Å². The van der Waals surface area contributed by atoms with Gasteiger partial charge in [0.2, 0.25) is 10.0 Å². The minimum Gasteiger partial charge on any atom is -0.465 e. The summed E-state index contributed by atoms with van der Waals surface area (Å²) in [7, 11) is -2.83. The molecular formula is C12H16ClFN2O4S. The molecular weight excluding hydrogens is 323 g/mol. The first kappa shape index (κ1) is 17.8. The van der Waals surface area contributed by atoms with Crippen molar-refractivity contribution in [3.8, 4) is 0 Å². The molecule has 1 heterocycles. The molecule has 1 aliphatic rings. The predicted molar refractivity (Wildman–Crippen MR) is 76.3 cm³/mol. The van der Waals surface area contributed by atoms with Crippen LogP contribution in [0.4, 0.5) is 4.39 Å². The van der Waals surface area contributed by atoms with E-state index in [0.29, 0.717) is 6.42 Å². The summed E-state index contributed by atoms with van der Waals surface area (Å²) in [6.45, 7) is 0.403. The van der Waals surface area contributed by atoms with Gasteiger partial charge in [-0.2, -0.15) is 4.31 Å². The third-order valence-corrected chi connectivity index (χ3v) is 5.06. The first-order valence-electron chi connectivity index (χ1n) is 6.00. The highest BCUT2D eigenvalue weighted by atomic mass is 35.5. The van der Waals surface area contributed by atoms with Crippen LogP contribution in [-0.4, -0.2) is 44.9 Å².